The van der Waals surface area contributed by atoms with E-state index >= 15 is 0 Å². The Labute approximate surface area is 127 Å². The number of para-hydroxylation sites is 2. The second kappa shape index (κ2) is 6.26. The Hall–Kier alpha value is -2.89. The van der Waals surface area contributed by atoms with Crippen molar-refractivity contribution in [1.29, 1.82) is 0 Å². The summed E-state index contributed by atoms with van der Waals surface area (Å²) in [5.41, 5.74) is 4.00. The van der Waals surface area contributed by atoms with Crippen LogP contribution in [0.5, 0.6) is 11.5 Å². The molecule has 1 unspecified atom stereocenters. The number of nitrogens with zero attached hydrogens (tertiary/aromatic N) is 2. The van der Waals surface area contributed by atoms with Gasteiger partial charge in [-0.25, -0.2) is 5.43 Å². The largest absolute Gasteiger partial charge is 0.485 e. The fraction of sp³-hybridized carbons (Fsp3) is 0.188. The van der Waals surface area contributed by atoms with E-state index in [1.54, 1.807) is 31.5 Å². The van der Waals surface area contributed by atoms with Gasteiger partial charge in [-0.15, -0.1) is 0 Å². The molecule has 1 aliphatic rings. The van der Waals surface area contributed by atoms with Crippen molar-refractivity contribution >= 4 is 11.6 Å². The SMILES string of the molecule is CC(=NNC(=O)C1COc2ccccc2O1)c1cccnc1. The maximum atomic E-state index is 12.1. The zero-order valence-corrected chi connectivity index (χ0v) is 12.0. The predicted octanol–water partition coefficient (Wildman–Crippen LogP) is 1.76. The van der Waals surface area contributed by atoms with E-state index in [4.69, 9.17) is 9.47 Å². The molecule has 1 atom stereocenters. The van der Waals surface area contributed by atoms with Gasteiger partial charge in [0.05, 0.1) is 5.71 Å². The molecule has 0 aliphatic carbocycles. The molecule has 22 heavy (non-hydrogen) atoms. The maximum absolute atomic E-state index is 12.1. The molecular weight excluding hydrogens is 282 g/mol. The van der Waals surface area contributed by atoms with E-state index in [2.05, 4.69) is 15.5 Å². The van der Waals surface area contributed by atoms with Gasteiger partial charge in [0.2, 0.25) is 6.10 Å². The minimum Gasteiger partial charge on any atom is -0.485 e. The molecular formula is C16H15N3O3. The van der Waals surface area contributed by atoms with Crippen LogP contribution in [0.1, 0.15) is 12.5 Å². The molecule has 6 nitrogen and oxygen atoms in total. The summed E-state index contributed by atoms with van der Waals surface area (Å²) in [7, 11) is 0. The van der Waals surface area contributed by atoms with Crippen molar-refractivity contribution in [3.8, 4) is 11.5 Å². The van der Waals surface area contributed by atoms with Crippen LogP contribution in [0.25, 0.3) is 0 Å². The molecule has 1 aliphatic heterocycles. The van der Waals surface area contributed by atoms with E-state index in [1.165, 1.54) is 0 Å². The Balaban J connectivity index is 1.64. The summed E-state index contributed by atoms with van der Waals surface area (Å²) in [4.78, 5) is 16.1. The summed E-state index contributed by atoms with van der Waals surface area (Å²) in [5.74, 6) is 0.848. The van der Waals surface area contributed by atoms with Crippen LogP contribution in [0, 0.1) is 0 Å². The number of carbonyl (C=O) groups excluding carboxylic acids is 1. The van der Waals surface area contributed by atoms with Gasteiger partial charge in [0.15, 0.2) is 11.5 Å². The molecule has 3 rings (SSSR count). The van der Waals surface area contributed by atoms with Crippen LogP contribution in [-0.2, 0) is 4.79 Å². The molecule has 2 heterocycles. The summed E-state index contributed by atoms with van der Waals surface area (Å²) in [6.45, 7) is 1.95. The van der Waals surface area contributed by atoms with Crippen LogP contribution in [-0.4, -0.2) is 29.3 Å². The normalized spacial score (nSPS) is 17.0. The molecule has 112 valence electrons. The first kappa shape index (κ1) is 14.1. The number of benzene rings is 1. The lowest BCUT2D eigenvalue weighted by molar-refractivity contribution is -0.130. The summed E-state index contributed by atoms with van der Waals surface area (Å²) >= 11 is 0. The predicted molar refractivity (Wildman–Crippen MR) is 80.9 cm³/mol. The Morgan fingerprint density at radius 3 is 2.86 bits per heavy atom. The Kier molecular flexibility index (Phi) is 4.00. The first-order chi connectivity index (χ1) is 10.7. The highest BCUT2D eigenvalue weighted by atomic mass is 16.6. The quantitative estimate of drug-likeness (QED) is 0.692. The van der Waals surface area contributed by atoms with Crippen molar-refractivity contribution < 1.29 is 14.3 Å². The molecule has 0 fully saturated rings. The van der Waals surface area contributed by atoms with Crippen molar-refractivity contribution in [2.24, 2.45) is 5.10 Å². The lowest BCUT2D eigenvalue weighted by Gasteiger charge is -2.24. The van der Waals surface area contributed by atoms with Crippen LogP contribution in [0.3, 0.4) is 0 Å². The summed E-state index contributed by atoms with van der Waals surface area (Å²) < 4.78 is 11.1. The average Bonchev–Trinajstić information content (AvgIpc) is 2.59. The number of aromatic nitrogens is 1. The molecule has 1 N–H and O–H groups in total. The minimum absolute atomic E-state index is 0.157. The van der Waals surface area contributed by atoms with Gasteiger partial charge in [-0.3, -0.25) is 9.78 Å². The van der Waals surface area contributed by atoms with Gasteiger partial charge in [0.1, 0.15) is 6.61 Å². The van der Waals surface area contributed by atoms with Gasteiger partial charge in [-0.05, 0) is 25.1 Å². The van der Waals surface area contributed by atoms with E-state index in [9.17, 15) is 4.79 Å². The first-order valence-corrected chi connectivity index (χ1v) is 6.87. The number of rotatable bonds is 3. The summed E-state index contributed by atoms with van der Waals surface area (Å²) in [6, 6.07) is 10.9. The summed E-state index contributed by atoms with van der Waals surface area (Å²) in [6.07, 6.45) is 2.64. The molecule has 0 saturated carbocycles. The molecule has 6 heteroatoms. The Morgan fingerprint density at radius 2 is 2.09 bits per heavy atom. The fourth-order valence-electron chi connectivity index (χ4n) is 2.00. The van der Waals surface area contributed by atoms with Gasteiger partial charge >= 0.3 is 0 Å². The molecule has 1 amide bonds. The average molecular weight is 297 g/mol. The molecule has 0 saturated heterocycles. The molecule has 0 spiro atoms. The third-order valence-electron chi connectivity index (χ3n) is 3.21. The number of hydrazone groups is 1. The van der Waals surface area contributed by atoms with Gasteiger partial charge in [-0.1, -0.05) is 18.2 Å². The Morgan fingerprint density at radius 1 is 1.27 bits per heavy atom. The lowest BCUT2D eigenvalue weighted by atomic mass is 10.2. The zero-order chi connectivity index (χ0) is 15.4. The van der Waals surface area contributed by atoms with Crippen LogP contribution < -0.4 is 14.9 Å². The van der Waals surface area contributed by atoms with Crippen molar-refractivity contribution in [2.75, 3.05) is 6.61 Å². The van der Waals surface area contributed by atoms with Gasteiger partial charge in [0, 0.05) is 18.0 Å². The van der Waals surface area contributed by atoms with Crippen molar-refractivity contribution in [2.45, 2.75) is 13.0 Å². The number of pyridine rings is 1. The number of hydrogen-bond acceptors (Lipinski definition) is 5. The van der Waals surface area contributed by atoms with Crippen LogP contribution in [0.15, 0.2) is 53.9 Å². The van der Waals surface area contributed by atoms with E-state index in [0.717, 1.165) is 5.56 Å². The maximum Gasteiger partial charge on any atom is 0.284 e. The van der Waals surface area contributed by atoms with Crippen LogP contribution in [0.2, 0.25) is 0 Å². The van der Waals surface area contributed by atoms with Crippen molar-refractivity contribution in [1.82, 2.24) is 10.4 Å². The number of nitrogens with one attached hydrogen (secondary N) is 1. The third kappa shape index (κ3) is 3.06. The van der Waals surface area contributed by atoms with Gasteiger partial charge in [-0.2, -0.15) is 5.10 Å². The van der Waals surface area contributed by atoms with E-state index < -0.39 is 6.10 Å². The number of hydrogen-bond donors (Lipinski definition) is 1. The first-order valence-electron chi connectivity index (χ1n) is 6.87. The van der Waals surface area contributed by atoms with Gasteiger partial charge < -0.3 is 9.47 Å². The standard InChI is InChI=1S/C16H15N3O3/c1-11(12-5-4-8-17-9-12)18-19-16(20)15-10-21-13-6-2-3-7-14(13)22-15/h2-9,15H,10H2,1H3,(H,19,20). The second-order valence-corrected chi connectivity index (χ2v) is 4.78. The smallest absolute Gasteiger partial charge is 0.284 e. The molecule has 0 bridgehead atoms. The minimum atomic E-state index is -0.722. The molecule has 1 aromatic carbocycles. The van der Waals surface area contributed by atoms with Crippen LogP contribution in [0.4, 0.5) is 0 Å². The highest BCUT2D eigenvalue weighted by Crippen LogP contribution is 2.30. The Bertz CT molecular complexity index is 701. The monoisotopic (exact) mass is 297 g/mol. The van der Waals surface area contributed by atoms with E-state index in [0.29, 0.717) is 17.2 Å². The van der Waals surface area contributed by atoms with E-state index in [1.807, 2.05) is 24.3 Å². The van der Waals surface area contributed by atoms with Crippen molar-refractivity contribution in [3.63, 3.8) is 0 Å². The number of ether oxygens (including phenoxy) is 2. The third-order valence-corrected chi connectivity index (χ3v) is 3.21. The second-order valence-electron chi connectivity index (χ2n) is 4.78. The van der Waals surface area contributed by atoms with E-state index in [-0.39, 0.29) is 12.5 Å². The van der Waals surface area contributed by atoms with Gasteiger partial charge in [0.25, 0.3) is 5.91 Å². The molecule has 2 aromatic rings. The number of carbonyl (C=O) groups is 1. The number of amides is 1. The summed E-state index contributed by atoms with van der Waals surface area (Å²) in [5, 5.41) is 4.07. The topological polar surface area (TPSA) is 72.8 Å². The van der Waals surface area contributed by atoms with Crippen molar-refractivity contribution in [3.05, 3.63) is 54.4 Å². The highest BCUT2D eigenvalue weighted by Gasteiger charge is 2.27. The molecule has 0 radical (unpaired) electrons. The fourth-order valence-corrected chi connectivity index (χ4v) is 2.00. The zero-order valence-electron chi connectivity index (χ0n) is 12.0. The molecule has 1 aromatic heterocycles. The highest BCUT2D eigenvalue weighted by molar-refractivity contribution is 5.99. The lowest BCUT2D eigenvalue weighted by Crippen LogP contribution is -2.42. The van der Waals surface area contributed by atoms with Crippen LogP contribution >= 0.6 is 0 Å². The number of fused-ring (bicyclic) bond motifs is 1.